The summed E-state index contributed by atoms with van der Waals surface area (Å²) >= 11 is 0. The van der Waals surface area contributed by atoms with E-state index in [1.807, 2.05) is 12.1 Å². The molecule has 2 saturated carbocycles. The van der Waals surface area contributed by atoms with Crippen LogP contribution in [0.1, 0.15) is 113 Å². The van der Waals surface area contributed by atoms with E-state index in [-0.39, 0.29) is 30.9 Å². The van der Waals surface area contributed by atoms with Crippen LogP contribution >= 0.6 is 0 Å². The topological polar surface area (TPSA) is 27.7 Å². The lowest BCUT2D eigenvalue weighted by atomic mass is 9.68. The Balaban J connectivity index is 1.08. The molecule has 1 saturated heterocycles. The average Bonchev–Trinajstić information content (AvgIpc) is 3.03. The summed E-state index contributed by atoms with van der Waals surface area (Å²) in [6.07, 6.45) is 6.32. The van der Waals surface area contributed by atoms with Gasteiger partial charge in [-0.3, -0.25) is 0 Å². The van der Waals surface area contributed by atoms with Crippen molar-refractivity contribution in [2.75, 3.05) is 13.2 Å². The van der Waals surface area contributed by atoms with Crippen LogP contribution in [0.2, 0.25) is 0 Å². The molecule has 0 N–H and O–H groups in total. The van der Waals surface area contributed by atoms with Crippen LogP contribution in [-0.4, -0.2) is 19.3 Å². The smallest absolute Gasteiger partial charge is 0.400 e. The fourth-order valence-corrected chi connectivity index (χ4v) is 7.52. The Labute approximate surface area is 262 Å². The van der Waals surface area contributed by atoms with Crippen molar-refractivity contribution in [3.63, 3.8) is 0 Å². The molecule has 0 unspecified atom stereocenters. The Morgan fingerprint density at radius 1 is 0.822 bits per heavy atom. The van der Waals surface area contributed by atoms with Gasteiger partial charge in [0, 0.05) is 29.2 Å². The van der Waals surface area contributed by atoms with Crippen LogP contribution in [-0.2, 0) is 9.47 Å². The van der Waals surface area contributed by atoms with Gasteiger partial charge in [-0.1, -0.05) is 38.3 Å². The van der Waals surface area contributed by atoms with E-state index >= 15 is 4.39 Å². The standard InChI is InChI=1S/C36H44F6O3/c1-2-3-4-5-23-21-43-35(44-22-23)27-12-15-30(32(38)18-27)26-8-6-24(7-9-26)25-10-13-28(14-11-25)36(41,42)45-29-19-33(39)31(16-17-37)34(40)20-29/h12,15-20,23-26,28,35H,2-11,13-14,21-22H2,1H3/b17-16+. The molecule has 0 atom stereocenters. The maximum absolute atomic E-state index is 15.3. The number of hydrogen-bond acceptors (Lipinski definition) is 3. The molecule has 1 aliphatic heterocycles. The van der Waals surface area contributed by atoms with E-state index in [4.69, 9.17) is 14.2 Å². The second-order valence-electron chi connectivity index (χ2n) is 13.1. The van der Waals surface area contributed by atoms with Crippen LogP contribution in [0.3, 0.4) is 0 Å². The van der Waals surface area contributed by atoms with Crippen molar-refractivity contribution in [1.29, 1.82) is 0 Å². The molecule has 0 spiro atoms. The zero-order valence-corrected chi connectivity index (χ0v) is 25.9. The lowest BCUT2D eigenvalue weighted by Crippen LogP contribution is -2.38. The lowest BCUT2D eigenvalue weighted by Gasteiger charge is -2.39. The van der Waals surface area contributed by atoms with E-state index in [1.54, 1.807) is 6.07 Å². The maximum Gasteiger partial charge on any atom is 0.400 e. The highest BCUT2D eigenvalue weighted by Crippen LogP contribution is 2.47. The molecule has 0 amide bonds. The molecule has 45 heavy (non-hydrogen) atoms. The van der Waals surface area contributed by atoms with Gasteiger partial charge in [0.05, 0.1) is 25.5 Å². The van der Waals surface area contributed by atoms with Gasteiger partial charge in [-0.15, -0.1) is 0 Å². The number of ether oxygens (including phenoxy) is 3. The minimum atomic E-state index is -3.59. The van der Waals surface area contributed by atoms with Crippen LogP contribution in [0.5, 0.6) is 5.75 Å². The number of halogens is 6. The van der Waals surface area contributed by atoms with Crippen molar-refractivity contribution in [2.24, 2.45) is 23.7 Å². The fraction of sp³-hybridized carbons (Fsp3) is 0.611. The third kappa shape index (κ3) is 8.45. The number of unbranched alkanes of at least 4 members (excludes halogenated alkanes) is 2. The number of hydrogen-bond donors (Lipinski definition) is 0. The molecule has 2 aliphatic carbocycles. The first-order chi connectivity index (χ1) is 21.7. The molecule has 5 rings (SSSR count). The van der Waals surface area contributed by atoms with Gasteiger partial charge < -0.3 is 14.2 Å². The lowest BCUT2D eigenvalue weighted by molar-refractivity contribution is -0.224. The Morgan fingerprint density at radius 3 is 2.02 bits per heavy atom. The van der Waals surface area contributed by atoms with Gasteiger partial charge in [0.2, 0.25) is 0 Å². The number of benzene rings is 2. The minimum absolute atomic E-state index is 0.0242. The minimum Gasteiger partial charge on any atom is -0.432 e. The van der Waals surface area contributed by atoms with Crippen molar-refractivity contribution in [2.45, 2.75) is 102 Å². The zero-order chi connectivity index (χ0) is 32.0. The second kappa shape index (κ2) is 15.4. The molecule has 9 heteroatoms. The average molecular weight is 639 g/mol. The molecule has 0 radical (unpaired) electrons. The van der Waals surface area contributed by atoms with Crippen molar-refractivity contribution in [1.82, 2.24) is 0 Å². The predicted octanol–water partition coefficient (Wildman–Crippen LogP) is 11.0. The van der Waals surface area contributed by atoms with Gasteiger partial charge in [0.15, 0.2) is 6.29 Å². The Hall–Kier alpha value is -2.52. The summed E-state index contributed by atoms with van der Waals surface area (Å²) in [5, 5.41) is 0. The second-order valence-corrected chi connectivity index (χ2v) is 13.1. The first-order valence-corrected chi connectivity index (χ1v) is 16.5. The van der Waals surface area contributed by atoms with Gasteiger partial charge in [-0.05, 0) is 93.2 Å². The largest absolute Gasteiger partial charge is 0.432 e. The molecule has 0 bridgehead atoms. The SMILES string of the molecule is CCCCCC1COC(c2ccc(C3CCC(C4CCC(C(F)(F)Oc5cc(F)c(/C=C/F)c(F)c5)CC4)CC3)c(F)c2)OC1. The summed E-state index contributed by atoms with van der Waals surface area (Å²) in [7, 11) is 0. The Morgan fingerprint density at radius 2 is 1.44 bits per heavy atom. The quantitative estimate of drug-likeness (QED) is 0.181. The summed E-state index contributed by atoms with van der Waals surface area (Å²) in [5.41, 5.74) is 0.765. The van der Waals surface area contributed by atoms with Crippen molar-refractivity contribution >= 4 is 6.08 Å². The van der Waals surface area contributed by atoms with Gasteiger partial charge in [-0.2, -0.15) is 8.78 Å². The maximum atomic E-state index is 15.3. The fourth-order valence-electron chi connectivity index (χ4n) is 7.52. The summed E-state index contributed by atoms with van der Waals surface area (Å²) < 4.78 is 102. The van der Waals surface area contributed by atoms with Crippen LogP contribution in [0, 0.1) is 41.1 Å². The van der Waals surface area contributed by atoms with Crippen LogP contribution in [0.4, 0.5) is 26.3 Å². The summed E-state index contributed by atoms with van der Waals surface area (Å²) in [5.74, 6) is -3.08. The summed E-state index contributed by atoms with van der Waals surface area (Å²) in [6.45, 7) is 3.44. The van der Waals surface area contributed by atoms with Crippen molar-refractivity contribution < 1.29 is 40.6 Å². The molecule has 2 aromatic rings. The third-order valence-electron chi connectivity index (χ3n) is 10.1. The molecule has 2 aromatic carbocycles. The van der Waals surface area contributed by atoms with E-state index < -0.39 is 41.3 Å². The summed E-state index contributed by atoms with van der Waals surface area (Å²) in [4.78, 5) is 0. The molecular weight excluding hydrogens is 594 g/mol. The number of alkyl halides is 2. The molecule has 1 heterocycles. The predicted molar refractivity (Wildman–Crippen MR) is 161 cm³/mol. The Bertz CT molecular complexity index is 1250. The highest BCUT2D eigenvalue weighted by atomic mass is 19.3. The molecule has 3 fully saturated rings. The van der Waals surface area contributed by atoms with Crippen molar-refractivity contribution in [3.05, 3.63) is 70.8 Å². The molecule has 3 nitrogen and oxygen atoms in total. The highest BCUT2D eigenvalue weighted by Gasteiger charge is 2.45. The van der Waals surface area contributed by atoms with Crippen LogP contribution in [0.15, 0.2) is 36.7 Å². The number of rotatable bonds is 11. The molecular formula is C36H44F6O3. The van der Waals surface area contributed by atoms with Crippen LogP contribution in [0.25, 0.3) is 6.08 Å². The van der Waals surface area contributed by atoms with Gasteiger partial charge in [0.25, 0.3) is 0 Å². The first-order valence-electron chi connectivity index (χ1n) is 16.5. The third-order valence-corrected chi connectivity index (χ3v) is 10.1. The van der Waals surface area contributed by atoms with E-state index in [2.05, 4.69) is 6.92 Å². The van der Waals surface area contributed by atoms with Gasteiger partial charge in [-0.25, -0.2) is 17.6 Å². The van der Waals surface area contributed by atoms with E-state index in [9.17, 15) is 22.0 Å². The zero-order valence-electron chi connectivity index (χ0n) is 25.9. The van der Waals surface area contributed by atoms with Crippen LogP contribution < -0.4 is 4.74 Å². The monoisotopic (exact) mass is 638 g/mol. The van der Waals surface area contributed by atoms with E-state index in [0.29, 0.717) is 73.1 Å². The highest BCUT2D eigenvalue weighted by molar-refractivity contribution is 5.51. The van der Waals surface area contributed by atoms with Gasteiger partial charge in [0.1, 0.15) is 23.2 Å². The normalized spacial score (nSPS) is 28.0. The Kier molecular flexibility index (Phi) is 11.6. The molecule has 0 aromatic heterocycles. The first kappa shape index (κ1) is 33.8. The van der Waals surface area contributed by atoms with Crippen molar-refractivity contribution in [3.8, 4) is 5.75 Å². The summed E-state index contributed by atoms with van der Waals surface area (Å²) in [6, 6.07) is 6.62. The van der Waals surface area contributed by atoms with E-state index in [0.717, 1.165) is 32.1 Å². The molecule has 248 valence electrons. The van der Waals surface area contributed by atoms with E-state index in [1.165, 1.54) is 19.3 Å². The molecule has 3 aliphatic rings. The van der Waals surface area contributed by atoms with Gasteiger partial charge >= 0.3 is 6.11 Å².